The van der Waals surface area contributed by atoms with E-state index >= 15 is 0 Å². The van der Waals surface area contributed by atoms with Crippen molar-refractivity contribution in [1.29, 1.82) is 0 Å². The van der Waals surface area contributed by atoms with E-state index in [9.17, 15) is 18.4 Å². The molecule has 0 radical (unpaired) electrons. The van der Waals surface area contributed by atoms with E-state index in [0.29, 0.717) is 0 Å². The van der Waals surface area contributed by atoms with Gasteiger partial charge in [-0.25, -0.2) is 13.6 Å². The van der Waals surface area contributed by atoms with E-state index < -0.39 is 29.2 Å². The zero-order valence-corrected chi connectivity index (χ0v) is 14.9. The van der Waals surface area contributed by atoms with Crippen LogP contribution < -0.4 is 5.32 Å². The molecule has 1 N–H and O–H groups in total. The van der Waals surface area contributed by atoms with E-state index in [1.54, 1.807) is 20.8 Å². The summed E-state index contributed by atoms with van der Waals surface area (Å²) in [7, 11) is 1.47. The highest BCUT2D eigenvalue weighted by atomic mass is 19.1. The number of benzene rings is 1. The second-order valence-electron chi connectivity index (χ2n) is 6.41. The molecule has 0 saturated carbocycles. The lowest BCUT2D eigenvalue weighted by molar-refractivity contribution is -0.122. The van der Waals surface area contributed by atoms with Crippen LogP contribution in [0.4, 0.5) is 13.6 Å². The van der Waals surface area contributed by atoms with E-state index in [0.717, 1.165) is 18.2 Å². The van der Waals surface area contributed by atoms with E-state index in [1.165, 1.54) is 12.0 Å². The Morgan fingerprint density at radius 3 is 2.52 bits per heavy atom. The average Bonchev–Trinajstić information content (AvgIpc) is 2.50. The number of ether oxygens (including phenoxy) is 2. The van der Waals surface area contributed by atoms with Crippen LogP contribution in [0.1, 0.15) is 26.3 Å². The number of carbonyl (C=O) groups is 2. The van der Waals surface area contributed by atoms with Crippen molar-refractivity contribution in [2.75, 3.05) is 26.8 Å². The summed E-state index contributed by atoms with van der Waals surface area (Å²) in [5.74, 6) is -1.74. The topological polar surface area (TPSA) is 67.9 Å². The Kier molecular flexibility index (Phi) is 7.76. The second-order valence-corrected chi connectivity index (χ2v) is 6.41. The van der Waals surface area contributed by atoms with Crippen molar-refractivity contribution in [3.05, 3.63) is 35.4 Å². The van der Waals surface area contributed by atoms with Crippen LogP contribution in [0.25, 0.3) is 0 Å². The molecule has 6 nitrogen and oxygen atoms in total. The minimum Gasteiger partial charge on any atom is -0.444 e. The zero-order chi connectivity index (χ0) is 19.0. The molecule has 0 aliphatic heterocycles. The van der Waals surface area contributed by atoms with E-state index in [4.69, 9.17) is 9.47 Å². The fourth-order valence-electron chi connectivity index (χ4n) is 1.86. The van der Waals surface area contributed by atoms with Gasteiger partial charge in [-0.2, -0.15) is 0 Å². The number of methoxy groups -OCH3 is 1. The summed E-state index contributed by atoms with van der Waals surface area (Å²) in [6.07, 6.45) is -0.656. The van der Waals surface area contributed by atoms with Crippen LogP contribution in [0, 0.1) is 11.6 Å². The zero-order valence-electron chi connectivity index (χ0n) is 14.9. The molecule has 0 aliphatic rings. The molecule has 0 unspecified atom stereocenters. The van der Waals surface area contributed by atoms with Crippen LogP contribution in [0.15, 0.2) is 18.2 Å². The summed E-state index contributed by atoms with van der Waals surface area (Å²) in [5, 5.41) is 2.46. The van der Waals surface area contributed by atoms with Gasteiger partial charge < -0.3 is 14.8 Å². The SMILES string of the molecule is COCCN(CC(=O)NCc1cc(F)ccc1F)C(=O)OC(C)(C)C. The molecule has 25 heavy (non-hydrogen) atoms. The van der Waals surface area contributed by atoms with Crippen molar-refractivity contribution in [1.82, 2.24) is 10.2 Å². The fourth-order valence-corrected chi connectivity index (χ4v) is 1.86. The largest absolute Gasteiger partial charge is 0.444 e. The Morgan fingerprint density at radius 1 is 1.24 bits per heavy atom. The van der Waals surface area contributed by atoms with Gasteiger partial charge in [0.2, 0.25) is 5.91 Å². The van der Waals surface area contributed by atoms with Gasteiger partial charge in [0, 0.05) is 25.8 Å². The first kappa shape index (κ1) is 20.8. The summed E-state index contributed by atoms with van der Waals surface area (Å²) in [5.41, 5.74) is -0.683. The Morgan fingerprint density at radius 2 is 1.92 bits per heavy atom. The summed E-state index contributed by atoms with van der Waals surface area (Å²) < 4.78 is 36.8. The number of hydrogen-bond donors (Lipinski definition) is 1. The third-order valence-electron chi connectivity index (χ3n) is 3.04. The third kappa shape index (κ3) is 7.93. The molecule has 140 valence electrons. The predicted octanol–water partition coefficient (Wildman–Crippen LogP) is 2.46. The molecule has 0 heterocycles. The van der Waals surface area contributed by atoms with Gasteiger partial charge in [-0.15, -0.1) is 0 Å². The number of rotatable bonds is 7. The van der Waals surface area contributed by atoms with E-state index in [-0.39, 0.29) is 31.8 Å². The molecule has 8 heteroatoms. The Balaban J connectivity index is 2.64. The van der Waals surface area contributed by atoms with Crippen molar-refractivity contribution in [3.63, 3.8) is 0 Å². The van der Waals surface area contributed by atoms with Crippen molar-refractivity contribution in [2.45, 2.75) is 32.9 Å². The van der Waals surface area contributed by atoms with Gasteiger partial charge in [-0.3, -0.25) is 9.69 Å². The first-order chi connectivity index (χ1) is 11.6. The summed E-state index contributed by atoms with van der Waals surface area (Å²) in [6, 6.07) is 2.99. The third-order valence-corrected chi connectivity index (χ3v) is 3.04. The first-order valence-electron chi connectivity index (χ1n) is 7.80. The molecule has 0 aromatic heterocycles. The van der Waals surface area contributed by atoms with Gasteiger partial charge in [-0.05, 0) is 39.0 Å². The van der Waals surface area contributed by atoms with Crippen LogP contribution in [0.2, 0.25) is 0 Å². The molecule has 0 fully saturated rings. The summed E-state index contributed by atoms with van der Waals surface area (Å²) >= 11 is 0. The normalized spacial score (nSPS) is 11.1. The van der Waals surface area contributed by atoms with Gasteiger partial charge >= 0.3 is 6.09 Å². The standard InChI is InChI=1S/C17H24F2N2O4/c1-17(2,3)25-16(23)21(7-8-24-4)11-15(22)20-10-12-9-13(18)5-6-14(12)19/h5-6,9H,7-8,10-11H2,1-4H3,(H,20,22). The summed E-state index contributed by atoms with van der Waals surface area (Å²) in [4.78, 5) is 25.4. The van der Waals surface area contributed by atoms with Crippen LogP contribution in [0.3, 0.4) is 0 Å². The van der Waals surface area contributed by atoms with Gasteiger partial charge in [0.25, 0.3) is 0 Å². The Labute approximate surface area is 146 Å². The number of hydrogen-bond acceptors (Lipinski definition) is 4. The summed E-state index contributed by atoms with van der Waals surface area (Å²) in [6.45, 7) is 5.06. The molecule has 0 bridgehead atoms. The smallest absolute Gasteiger partial charge is 0.410 e. The lowest BCUT2D eigenvalue weighted by Gasteiger charge is -2.26. The average molecular weight is 358 g/mol. The van der Waals surface area contributed by atoms with Gasteiger partial charge in [0.05, 0.1) is 6.61 Å². The molecule has 1 aromatic carbocycles. The number of halogens is 2. The highest BCUT2D eigenvalue weighted by Gasteiger charge is 2.23. The van der Waals surface area contributed by atoms with Gasteiger partial charge in [0.1, 0.15) is 23.8 Å². The molecule has 1 rings (SSSR count). The highest BCUT2D eigenvalue weighted by molar-refractivity contribution is 5.82. The van der Waals surface area contributed by atoms with Crippen LogP contribution in [-0.4, -0.2) is 49.3 Å². The van der Waals surface area contributed by atoms with Crippen LogP contribution in [0.5, 0.6) is 0 Å². The second kappa shape index (κ2) is 9.31. The van der Waals surface area contributed by atoms with Crippen molar-refractivity contribution in [3.8, 4) is 0 Å². The maximum absolute atomic E-state index is 13.5. The number of carbonyl (C=O) groups excluding carboxylic acids is 2. The molecule has 1 aromatic rings. The van der Waals surface area contributed by atoms with Gasteiger partial charge in [0.15, 0.2) is 0 Å². The number of amides is 2. The Hall–Kier alpha value is -2.22. The quantitative estimate of drug-likeness (QED) is 0.813. The molecule has 0 aliphatic carbocycles. The van der Waals surface area contributed by atoms with Crippen LogP contribution in [-0.2, 0) is 20.8 Å². The van der Waals surface area contributed by atoms with E-state index in [1.807, 2.05) is 0 Å². The fraction of sp³-hybridized carbons (Fsp3) is 0.529. The molecule has 2 amide bonds. The lowest BCUT2D eigenvalue weighted by Crippen LogP contribution is -2.44. The Bertz CT molecular complexity index is 603. The molecular weight excluding hydrogens is 334 g/mol. The van der Waals surface area contributed by atoms with Crippen LogP contribution >= 0.6 is 0 Å². The molecule has 0 spiro atoms. The number of nitrogens with zero attached hydrogens (tertiary/aromatic N) is 1. The molecule has 0 atom stereocenters. The first-order valence-corrected chi connectivity index (χ1v) is 7.80. The predicted molar refractivity (Wildman–Crippen MR) is 87.9 cm³/mol. The lowest BCUT2D eigenvalue weighted by atomic mass is 10.2. The van der Waals surface area contributed by atoms with Crippen molar-refractivity contribution in [2.24, 2.45) is 0 Å². The van der Waals surface area contributed by atoms with Crippen molar-refractivity contribution >= 4 is 12.0 Å². The maximum atomic E-state index is 13.5. The van der Waals surface area contributed by atoms with Crippen molar-refractivity contribution < 1.29 is 27.8 Å². The maximum Gasteiger partial charge on any atom is 0.410 e. The van der Waals surface area contributed by atoms with Gasteiger partial charge in [-0.1, -0.05) is 0 Å². The van der Waals surface area contributed by atoms with E-state index in [2.05, 4.69) is 5.32 Å². The minimum atomic E-state index is -0.705. The number of nitrogens with one attached hydrogen (secondary N) is 1. The highest BCUT2D eigenvalue weighted by Crippen LogP contribution is 2.11. The molecular formula is C17H24F2N2O4. The monoisotopic (exact) mass is 358 g/mol. The molecule has 0 saturated heterocycles. The minimum absolute atomic E-state index is 0.0223.